The SMILES string of the molecule is CN(C)C(=O)COCC1CN(C(=O)CC2(O)CCC2)Cc2ncn(C)c21. The number of rotatable bonds is 6. The Morgan fingerprint density at radius 2 is 2.15 bits per heavy atom. The number of amides is 2. The number of hydrogen-bond donors (Lipinski definition) is 1. The lowest BCUT2D eigenvalue weighted by Crippen LogP contribution is -2.46. The fourth-order valence-electron chi connectivity index (χ4n) is 3.63. The maximum atomic E-state index is 12.7. The summed E-state index contributed by atoms with van der Waals surface area (Å²) in [4.78, 5) is 32.0. The van der Waals surface area contributed by atoms with Gasteiger partial charge in [-0.15, -0.1) is 0 Å². The molecule has 0 radical (unpaired) electrons. The van der Waals surface area contributed by atoms with Crippen LogP contribution in [0.1, 0.15) is 43.0 Å². The van der Waals surface area contributed by atoms with Crippen LogP contribution in [0.4, 0.5) is 0 Å². The highest BCUT2D eigenvalue weighted by Crippen LogP contribution is 2.36. The molecule has 2 aliphatic rings. The predicted octanol–water partition coefficient (Wildman–Crippen LogP) is 0.256. The van der Waals surface area contributed by atoms with E-state index in [9.17, 15) is 14.7 Å². The van der Waals surface area contributed by atoms with E-state index in [2.05, 4.69) is 4.98 Å². The third-order valence-corrected chi connectivity index (χ3v) is 5.39. The number of hydrogen-bond acceptors (Lipinski definition) is 5. The number of aromatic nitrogens is 2. The van der Waals surface area contributed by atoms with Crippen LogP contribution in [0.5, 0.6) is 0 Å². The van der Waals surface area contributed by atoms with Crippen molar-refractivity contribution in [1.29, 1.82) is 0 Å². The van der Waals surface area contributed by atoms with E-state index in [0.29, 0.717) is 32.5 Å². The molecule has 8 nitrogen and oxygen atoms in total. The quantitative estimate of drug-likeness (QED) is 0.782. The molecule has 26 heavy (non-hydrogen) atoms. The molecular weight excluding hydrogens is 336 g/mol. The van der Waals surface area contributed by atoms with Gasteiger partial charge in [-0.3, -0.25) is 9.59 Å². The van der Waals surface area contributed by atoms with Crippen molar-refractivity contribution in [2.75, 3.05) is 33.9 Å². The Bertz CT molecular complexity index is 681. The van der Waals surface area contributed by atoms with E-state index in [1.807, 2.05) is 11.6 Å². The second kappa shape index (κ2) is 7.36. The lowest BCUT2D eigenvalue weighted by Gasteiger charge is -2.39. The minimum absolute atomic E-state index is 0.0182. The average molecular weight is 364 g/mol. The van der Waals surface area contributed by atoms with Gasteiger partial charge in [0.05, 0.1) is 37.2 Å². The van der Waals surface area contributed by atoms with Crippen molar-refractivity contribution in [2.24, 2.45) is 7.05 Å². The third kappa shape index (κ3) is 3.91. The molecule has 1 fully saturated rings. The van der Waals surface area contributed by atoms with Gasteiger partial charge < -0.3 is 24.2 Å². The maximum absolute atomic E-state index is 12.7. The topological polar surface area (TPSA) is 87.9 Å². The fraction of sp³-hybridized carbons (Fsp3) is 0.722. The number of carbonyl (C=O) groups is 2. The molecule has 1 aromatic rings. The monoisotopic (exact) mass is 364 g/mol. The lowest BCUT2D eigenvalue weighted by atomic mass is 9.77. The molecule has 144 valence electrons. The molecule has 1 N–H and O–H groups in total. The minimum atomic E-state index is -0.828. The number of ether oxygens (including phenoxy) is 1. The van der Waals surface area contributed by atoms with Crippen LogP contribution in [-0.2, 0) is 27.9 Å². The number of carbonyl (C=O) groups excluding carboxylic acids is 2. The van der Waals surface area contributed by atoms with E-state index >= 15 is 0 Å². The first-order valence-electron chi connectivity index (χ1n) is 9.07. The fourth-order valence-corrected chi connectivity index (χ4v) is 3.63. The first-order valence-corrected chi connectivity index (χ1v) is 9.07. The van der Waals surface area contributed by atoms with Gasteiger partial charge in [0.2, 0.25) is 11.8 Å². The van der Waals surface area contributed by atoms with Gasteiger partial charge in [0, 0.05) is 39.3 Å². The average Bonchev–Trinajstić information content (AvgIpc) is 2.94. The highest BCUT2D eigenvalue weighted by atomic mass is 16.5. The highest BCUT2D eigenvalue weighted by molar-refractivity contribution is 5.78. The molecule has 1 aliphatic carbocycles. The van der Waals surface area contributed by atoms with Gasteiger partial charge >= 0.3 is 0 Å². The summed E-state index contributed by atoms with van der Waals surface area (Å²) in [5.41, 5.74) is 1.08. The van der Waals surface area contributed by atoms with Crippen LogP contribution in [0.2, 0.25) is 0 Å². The van der Waals surface area contributed by atoms with Gasteiger partial charge in [-0.25, -0.2) is 4.98 Å². The number of fused-ring (bicyclic) bond motifs is 1. The Morgan fingerprint density at radius 3 is 2.77 bits per heavy atom. The summed E-state index contributed by atoms with van der Waals surface area (Å²) in [7, 11) is 5.31. The van der Waals surface area contributed by atoms with Crippen LogP contribution >= 0.6 is 0 Å². The largest absolute Gasteiger partial charge is 0.389 e. The van der Waals surface area contributed by atoms with Crippen molar-refractivity contribution in [3.8, 4) is 0 Å². The maximum Gasteiger partial charge on any atom is 0.248 e. The number of nitrogens with zero attached hydrogens (tertiary/aromatic N) is 4. The van der Waals surface area contributed by atoms with Crippen molar-refractivity contribution in [3.63, 3.8) is 0 Å². The molecule has 0 saturated heterocycles. The van der Waals surface area contributed by atoms with Crippen LogP contribution in [0.3, 0.4) is 0 Å². The molecule has 8 heteroatoms. The number of imidazole rings is 1. The van der Waals surface area contributed by atoms with E-state index in [1.165, 1.54) is 4.90 Å². The molecule has 0 bridgehead atoms. The number of aryl methyl sites for hydroxylation is 1. The normalized spacial score (nSPS) is 21.1. The zero-order valence-corrected chi connectivity index (χ0v) is 15.8. The first-order chi connectivity index (χ1) is 12.3. The molecule has 2 amide bonds. The second-order valence-electron chi connectivity index (χ2n) is 7.72. The number of likely N-dealkylation sites (N-methyl/N-ethyl adjacent to an activating group) is 1. The van der Waals surface area contributed by atoms with Gasteiger partial charge in [-0.2, -0.15) is 0 Å². The predicted molar refractivity (Wildman–Crippen MR) is 94.3 cm³/mol. The Morgan fingerprint density at radius 1 is 1.42 bits per heavy atom. The van der Waals surface area contributed by atoms with Crippen molar-refractivity contribution in [2.45, 2.75) is 43.7 Å². The zero-order chi connectivity index (χ0) is 18.9. The standard InChI is InChI=1S/C18H28N4O4/c1-20(2)16(24)11-26-10-13-8-22(9-14-17(13)21(3)12-19-14)15(23)7-18(25)5-4-6-18/h12-13,25H,4-11H2,1-3H3. The zero-order valence-electron chi connectivity index (χ0n) is 15.8. The van der Waals surface area contributed by atoms with Gasteiger partial charge in [0.15, 0.2) is 0 Å². The molecule has 1 saturated carbocycles. The van der Waals surface area contributed by atoms with Crippen LogP contribution in [-0.4, -0.2) is 75.7 Å². The lowest BCUT2D eigenvalue weighted by molar-refractivity contribution is -0.142. The van der Waals surface area contributed by atoms with Crippen LogP contribution in [0.25, 0.3) is 0 Å². The van der Waals surface area contributed by atoms with Gasteiger partial charge in [-0.05, 0) is 19.3 Å². The van der Waals surface area contributed by atoms with E-state index in [1.54, 1.807) is 25.3 Å². The Hall–Kier alpha value is -1.93. The summed E-state index contributed by atoms with van der Waals surface area (Å²) < 4.78 is 7.58. The molecular formula is C18H28N4O4. The van der Waals surface area contributed by atoms with Crippen LogP contribution in [0.15, 0.2) is 6.33 Å². The molecule has 2 heterocycles. The smallest absolute Gasteiger partial charge is 0.248 e. The Balaban J connectivity index is 1.66. The summed E-state index contributed by atoms with van der Waals surface area (Å²) >= 11 is 0. The second-order valence-corrected chi connectivity index (χ2v) is 7.72. The van der Waals surface area contributed by atoms with E-state index in [0.717, 1.165) is 17.8 Å². The number of aliphatic hydroxyl groups is 1. The van der Waals surface area contributed by atoms with Crippen LogP contribution in [0, 0.1) is 0 Å². The van der Waals surface area contributed by atoms with Gasteiger partial charge in [0.25, 0.3) is 0 Å². The summed E-state index contributed by atoms with van der Waals surface area (Å²) in [5, 5.41) is 10.3. The molecule has 0 spiro atoms. The molecule has 0 aromatic carbocycles. The molecule has 1 aromatic heterocycles. The molecule has 1 aliphatic heterocycles. The third-order valence-electron chi connectivity index (χ3n) is 5.39. The molecule has 3 rings (SSSR count). The van der Waals surface area contributed by atoms with E-state index in [4.69, 9.17) is 4.74 Å². The van der Waals surface area contributed by atoms with Crippen molar-refractivity contribution >= 4 is 11.8 Å². The van der Waals surface area contributed by atoms with Gasteiger partial charge in [0.1, 0.15) is 6.61 Å². The minimum Gasteiger partial charge on any atom is -0.389 e. The summed E-state index contributed by atoms with van der Waals surface area (Å²) in [6.07, 6.45) is 4.28. The Kier molecular flexibility index (Phi) is 5.34. The van der Waals surface area contributed by atoms with E-state index < -0.39 is 5.60 Å². The van der Waals surface area contributed by atoms with E-state index in [-0.39, 0.29) is 30.8 Å². The Labute approximate surface area is 153 Å². The summed E-state index contributed by atoms with van der Waals surface area (Å²) in [6, 6.07) is 0. The summed E-state index contributed by atoms with van der Waals surface area (Å²) in [6.45, 7) is 1.33. The highest BCUT2D eigenvalue weighted by Gasteiger charge is 2.39. The molecule has 1 unspecified atom stereocenters. The summed E-state index contributed by atoms with van der Waals surface area (Å²) in [5.74, 6) is -0.176. The van der Waals surface area contributed by atoms with Crippen LogP contribution < -0.4 is 0 Å². The van der Waals surface area contributed by atoms with Gasteiger partial charge in [-0.1, -0.05) is 0 Å². The first kappa shape index (κ1) is 18.8. The van der Waals surface area contributed by atoms with Crippen molar-refractivity contribution in [3.05, 3.63) is 17.7 Å². The van der Waals surface area contributed by atoms with Crippen molar-refractivity contribution < 1.29 is 19.4 Å². The molecule has 1 atom stereocenters. The van der Waals surface area contributed by atoms with Crippen molar-refractivity contribution in [1.82, 2.24) is 19.4 Å².